The molecule has 0 aliphatic rings. The number of hydrogen-bond donors (Lipinski definition) is 0. The summed E-state index contributed by atoms with van der Waals surface area (Å²) in [7, 11) is 5.02. The molecule has 0 saturated heterocycles. The number of ether oxygens (including phenoxy) is 2. The van der Waals surface area contributed by atoms with Crippen molar-refractivity contribution in [2.24, 2.45) is 0 Å². The molecule has 0 saturated carbocycles. The molecule has 122 valence electrons. The lowest BCUT2D eigenvalue weighted by molar-refractivity contribution is -0.129. The van der Waals surface area contributed by atoms with Crippen LogP contribution in [0.2, 0.25) is 0 Å². The number of methoxy groups -OCH3 is 2. The van der Waals surface area contributed by atoms with Crippen LogP contribution < -0.4 is 9.47 Å². The molecular weight excluding hydrogens is 290 g/mol. The molecule has 0 radical (unpaired) electrons. The largest absolute Gasteiger partial charge is 0.493 e. The zero-order chi connectivity index (χ0) is 16.8. The fourth-order valence-electron chi connectivity index (χ4n) is 2.36. The predicted molar refractivity (Wildman–Crippen MR) is 90.9 cm³/mol. The third-order valence-corrected chi connectivity index (χ3v) is 3.77. The number of likely N-dealkylation sites (N-methyl/N-ethyl adjacent to an activating group) is 1. The van der Waals surface area contributed by atoms with Crippen LogP contribution in [0.1, 0.15) is 16.7 Å². The average molecular weight is 313 g/mol. The highest BCUT2D eigenvalue weighted by Gasteiger charge is 2.12. The van der Waals surface area contributed by atoms with Gasteiger partial charge in [-0.1, -0.05) is 35.9 Å². The van der Waals surface area contributed by atoms with Gasteiger partial charge in [0, 0.05) is 13.6 Å². The number of carbonyl (C=O) groups excluding carboxylic acids is 1. The molecule has 2 rings (SSSR count). The van der Waals surface area contributed by atoms with E-state index >= 15 is 0 Å². The lowest BCUT2D eigenvalue weighted by Gasteiger charge is -2.18. The van der Waals surface area contributed by atoms with Crippen LogP contribution in [0, 0.1) is 6.92 Å². The number of amides is 1. The summed E-state index contributed by atoms with van der Waals surface area (Å²) in [6.45, 7) is 2.57. The Kier molecular flexibility index (Phi) is 5.63. The summed E-state index contributed by atoms with van der Waals surface area (Å²) < 4.78 is 10.5. The Balaban J connectivity index is 2.01. The molecule has 0 unspecified atom stereocenters. The number of hydrogen-bond acceptors (Lipinski definition) is 3. The Morgan fingerprint density at radius 1 is 0.957 bits per heavy atom. The standard InChI is InChI=1S/C19H23NO3/c1-14-5-7-15(8-6-14)12-19(21)20(2)13-16-9-10-17(22-3)18(11-16)23-4/h5-11H,12-13H2,1-4H3. The third kappa shape index (κ3) is 4.49. The van der Waals surface area contributed by atoms with Gasteiger partial charge in [0.15, 0.2) is 11.5 Å². The maximum Gasteiger partial charge on any atom is 0.227 e. The summed E-state index contributed by atoms with van der Waals surface area (Å²) in [6.07, 6.45) is 0.407. The van der Waals surface area contributed by atoms with Gasteiger partial charge in [-0.25, -0.2) is 0 Å². The van der Waals surface area contributed by atoms with E-state index < -0.39 is 0 Å². The molecular formula is C19H23NO3. The third-order valence-electron chi connectivity index (χ3n) is 3.77. The van der Waals surface area contributed by atoms with Crippen LogP contribution in [0.25, 0.3) is 0 Å². The highest BCUT2D eigenvalue weighted by molar-refractivity contribution is 5.78. The molecule has 0 aromatic heterocycles. The second-order valence-corrected chi connectivity index (χ2v) is 5.60. The average Bonchev–Trinajstić information content (AvgIpc) is 2.56. The van der Waals surface area contributed by atoms with Crippen LogP contribution in [0.5, 0.6) is 11.5 Å². The van der Waals surface area contributed by atoms with Gasteiger partial charge in [0.1, 0.15) is 0 Å². The van der Waals surface area contributed by atoms with Crippen LogP contribution in [0.3, 0.4) is 0 Å². The first kappa shape index (κ1) is 16.9. The van der Waals surface area contributed by atoms with Gasteiger partial charge in [0.2, 0.25) is 5.91 Å². The van der Waals surface area contributed by atoms with Crippen molar-refractivity contribution in [2.75, 3.05) is 21.3 Å². The number of carbonyl (C=O) groups is 1. The van der Waals surface area contributed by atoms with E-state index in [-0.39, 0.29) is 5.91 Å². The van der Waals surface area contributed by atoms with Gasteiger partial charge in [-0.15, -0.1) is 0 Å². The van der Waals surface area contributed by atoms with E-state index in [4.69, 9.17) is 9.47 Å². The van der Waals surface area contributed by atoms with Gasteiger partial charge in [-0.2, -0.15) is 0 Å². The van der Waals surface area contributed by atoms with E-state index in [9.17, 15) is 4.79 Å². The van der Waals surface area contributed by atoms with Crippen molar-refractivity contribution >= 4 is 5.91 Å². The summed E-state index contributed by atoms with van der Waals surface area (Å²) >= 11 is 0. The SMILES string of the molecule is COc1ccc(CN(C)C(=O)Cc2ccc(C)cc2)cc1OC. The second-order valence-electron chi connectivity index (χ2n) is 5.60. The Morgan fingerprint density at radius 2 is 1.57 bits per heavy atom. The minimum absolute atomic E-state index is 0.0867. The minimum atomic E-state index is 0.0867. The fourth-order valence-corrected chi connectivity index (χ4v) is 2.36. The topological polar surface area (TPSA) is 38.8 Å². The highest BCUT2D eigenvalue weighted by Crippen LogP contribution is 2.27. The summed E-state index contributed by atoms with van der Waals surface area (Å²) in [5.74, 6) is 1.44. The zero-order valence-electron chi connectivity index (χ0n) is 14.1. The number of benzene rings is 2. The number of aryl methyl sites for hydroxylation is 1. The van der Waals surface area contributed by atoms with Crippen LogP contribution in [0.15, 0.2) is 42.5 Å². The molecule has 0 aliphatic carbocycles. The van der Waals surface area contributed by atoms with Crippen molar-refractivity contribution < 1.29 is 14.3 Å². The van der Waals surface area contributed by atoms with Crippen molar-refractivity contribution in [3.8, 4) is 11.5 Å². The van der Waals surface area contributed by atoms with E-state index in [0.717, 1.165) is 11.1 Å². The Hall–Kier alpha value is -2.49. The van der Waals surface area contributed by atoms with E-state index in [0.29, 0.717) is 24.5 Å². The van der Waals surface area contributed by atoms with Gasteiger partial charge in [0.05, 0.1) is 20.6 Å². The summed E-state index contributed by atoms with van der Waals surface area (Å²) in [4.78, 5) is 14.1. The van der Waals surface area contributed by atoms with Gasteiger partial charge >= 0.3 is 0 Å². The molecule has 1 amide bonds. The van der Waals surface area contributed by atoms with Gasteiger partial charge in [-0.3, -0.25) is 4.79 Å². The second kappa shape index (κ2) is 7.68. The molecule has 0 N–H and O–H groups in total. The Labute approximate surface area is 137 Å². The van der Waals surface area contributed by atoms with E-state index in [1.54, 1.807) is 19.1 Å². The molecule has 4 nitrogen and oxygen atoms in total. The lowest BCUT2D eigenvalue weighted by atomic mass is 10.1. The lowest BCUT2D eigenvalue weighted by Crippen LogP contribution is -2.27. The first-order chi connectivity index (χ1) is 11.0. The molecule has 0 bridgehead atoms. The predicted octanol–water partition coefficient (Wildman–Crippen LogP) is 3.21. The van der Waals surface area contributed by atoms with Crippen molar-refractivity contribution in [2.45, 2.75) is 19.9 Å². The van der Waals surface area contributed by atoms with E-state index in [1.807, 2.05) is 56.4 Å². The monoisotopic (exact) mass is 313 g/mol. The first-order valence-corrected chi connectivity index (χ1v) is 7.54. The molecule has 0 atom stereocenters. The quantitative estimate of drug-likeness (QED) is 0.822. The van der Waals surface area contributed by atoms with Crippen LogP contribution in [-0.2, 0) is 17.8 Å². The Morgan fingerprint density at radius 3 is 2.17 bits per heavy atom. The van der Waals surface area contributed by atoms with E-state index in [2.05, 4.69) is 0 Å². The molecule has 0 spiro atoms. The van der Waals surface area contributed by atoms with Crippen molar-refractivity contribution in [3.05, 3.63) is 59.2 Å². The molecule has 4 heteroatoms. The van der Waals surface area contributed by atoms with Crippen LogP contribution in [0.4, 0.5) is 0 Å². The maximum atomic E-state index is 12.3. The number of rotatable bonds is 6. The van der Waals surface area contributed by atoms with Crippen molar-refractivity contribution in [1.29, 1.82) is 0 Å². The molecule has 2 aromatic rings. The molecule has 2 aromatic carbocycles. The summed E-state index contributed by atoms with van der Waals surface area (Å²) in [5, 5.41) is 0. The van der Waals surface area contributed by atoms with Crippen LogP contribution >= 0.6 is 0 Å². The molecule has 0 heterocycles. The zero-order valence-corrected chi connectivity index (χ0v) is 14.1. The fraction of sp³-hybridized carbons (Fsp3) is 0.316. The highest BCUT2D eigenvalue weighted by atomic mass is 16.5. The van der Waals surface area contributed by atoms with Crippen molar-refractivity contribution in [3.63, 3.8) is 0 Å². The smallest absolute Gasteiger partial charge is 0.227 e. The van der Waals surface area contributed by atoms with Gasteiger partial charge in [-0.05, 0) is 30.2 Å². The molecule has 23 heavy (non-hydrogen) atoms. The van der Waals surface area contributed by atoms with Gasteiger partial charge < -0.3 is 14.4 Å². The summed E-state index contributed by atoms with van der Waals surface area (Å²) in [6, 6.07) is 13.7. The number of nitrogens with zero attached hydrogens (tertiary/aromatic N) is 1. The minimum Gasteiger partial charge on any atom is -0.493 e. The van der Waals surface area contributed by atoms with Crippen molar-refractivity contribution in [1.82, 2.24) is 4.90 Å². The maximum absolute atomic E-state index is 12.3. The van der Waals surface area contributed by atoms with Gasteiger partial charge in [0.25, 0.3) is 0 Å². The summed E-state index contributed by atoms with van der Waals surface area (Å²) in [5.41, 5.74) is 3.22. The van der Waals surface area contributed by atoms with Crippen LogP contribution in [-0.4, -0.2) is 32.1 Å². The normalized spacial score (nSPS) is 10.3. The molecule has 0 fully saturated rings. The van der Waals surface area contributed by atoms with E-state index in [1.165, 1.54) is 5.56 Å². The first-order valence-electron chi connectivity index (χ1n) is 7.54. The molecule has 0 aliphatic heterocycles. The Bertz CT molecular complexity index is 665.